The van der Waals surface area contributed by atoms with Crippen LogP contribution in [0.25, 0.3) is 0 Å². The largest absolute Gasteiger partial charge is 0.462 e. The second-order valence-electron chi connectivity index (χ2n) is 6.34. The summed E-state index contributed by atoms with van der Waals surface area (Å²) in [5.74, 6) is -1.22. The number of hydrogen-bond donors (Lipinski definition) is 0. The number of esters is 2. The van der Waals surface area contributed by atoms with Gasteiger partial charge >= 0.3 is 11.9 Å². The van der Waals surface area contributed by atoms with Crippen molar-refractivity contribution in [2.45, 2.75) is 39.7 Å². The number of carbonyl (C=O) groups excluding carboxylic acids is 2. The lowest BCUT2D eigenvalue weighted by atomic mass is 10.1. The van der Waals surface area contributed by atoms with E-state index in [1.807, 2.05) is 0 Å². The minimum Gasteiger partial charge on any atom is -0.462 e. The number of benzene rings is 2. The van der Waals surface area contributed by atoms with Gasteiger partial charge in [-0.25, -0.2) is 9.59 Å². The highest BCUT2D eigenvalue weighted by atomic mass is 16.6. The van der Waals surface area contributed by atoms with Gasteiger partial charge in [-0.3, -0.25) is 10.1 Å². The molecule has 0 bridgehead atoms. The smallest absolute Gasteiger partial charge is 0.339 e. The topological polar surface area (TPSA) is 95.7 Å². The van der Waals surface area contributed by atoms with Crippen LogP contribution in [0.1, 0.15) is 58.0 Å². The van der Waals surface area contributed by atoms with Gasteiger partial charge in [-0.05, 0) is 43.2 Å². The average molecular weight is 385 g/mol. The first-order valence-electron chi connectivity index (χ1n) is 9.11. The highest BCUT2D eigenvalue weighted by Crippen LogP contribution is 2.20. The van der Waals surface area contributed by atoms with Crippen LogP contribution in [0.15, 0.2) is 42.5 Å². The molecule has 2 aromatic carbocycles. The Kier molecular flexibility index (Phi) is 7.68. The maximum atomic E-state index is 12.4. The molecule has 0 atom stereocenters. The van der Waals surface area contributed by atoms with Crippen molar-refractivity contribution < 1.29 is 24.0 Å². The summed E-state index contributed by atoms with van der Waals surface area (Å²) in [6.45, 7) is 3.92. The van der Waals surface area contributed by atoms with Gasteiger partial charge in [0.1, 0.15) is 6.61 Å². The fraction of sp³-hybridized carbons (Fsp3) is 0.333. The standard InChI is InChI=1S/C21H23NO6/c1-3-4-7-12-27-20(23)17-8-5-6-9-18(17)21(24)28-14-16-10-11-19(22(25)26)15(2)13-16/h5-6,8-11,13H,3-4,7,12,14H2,1-2H3. The molecular formula is C21H23NO6. The lowest BCUT2D eigenvalue weighted by molar-refractivity contribution is -0.385. The number of nitro benzene ring substituents is 1. The molecule has 0 N–H and O–H groups in total. The predicted octanol–water partition coefficient (Wildman–Crippen LogP) is 4.61. The van der Waals surface area contributed by atoms with E-state index in [-0.39, 0.29) is 23.4 Å². The number of unbranched alkanes of at least 4 members (excludes halogenated alkanes) is 2. The van der Waals surface area contributed by atoms with Gasteiger partial charge in [-0.2, -0.15) is 0 Å². The van der Waals surface area contributed by atoms with Crippen LogP contribution >= 0.6 is 0 Å². The van der Waals surface area contributed by atoms with E-state index in [1.54, 1.807) is 25.1 Å². The van der Waals surface area contributed by atoms with E-state index in [2.05, 4.69) is 6.92 Å². The Morgan fingerprint density at radius 2 is 1.64 bits per heavy atom. The summed E-state index contributed by atoms with van der Waals surface area (Å²) in [5.41, 5.74) is 1.39. The third-order valence-electron chi connectivity index (χ3n) is 4.18. The first kappa shape index (κ1) is 21.1. The van der Waals surface area contributed by atoms with Gasteiger partial charge < -0.3 is 9.47 Å². The molecule has 0 saturated carbocycles. The van der Waals surface area contributed by atoms with Gasteiger partial charge in [0.25, 0.3) is 5.69 Å². The van der Waals surface area contributed by atoms with Crippen LogP contribution in [0.5, 0.6) is 0 Å². The average Bonchev–Trinajstić information content (AvgIpc) is 2.69. The molecule has 2 aromatic rings. The molecule has 0 saturated heterocycles. The van der Waals surface area contributed by atoms with Gasteiger partial charge in [0.15, 0.2) is 0 Å². The number of ether oxygens (including phenoxy) is 2. The zero-order valence-corrected chi connectivity index (χ0v) is 16.0. The van der Waals surface area contributed by atoms with E-state index in [0.717, 1.165) is 19.3 Å². The summed E-state index contributed by atoms with van der Waals surface area (Å²) in [6, 6.07) is 10.8. The minimum absolute atomic E-state index is 0.00578. The number of nitro groups is 1. The lowest BCUT2D eigenvalue weighted by Crippen LogP contribution is -2.14. The third kappa shape index (κ3) is 5.64. The van der Waals surface area contributed by atoms with E-state index >= 15 is 0 Å². The van der Waals surface area contributed by atoms with Crippen molar-refractivity contribution in [1.29, 1.82) is 0 Å². The molecule has 0 fully saturated rings. The Morgan fingerprint density at radius 1 is 1.00 bits per heavy atom. The van der Waals surface area contributed by atoms with E-state index in [1.165, 1.54) is 24.3 Å². The van der Waals surface area contributed by atoms with Crippen molar-refractivity contribution in [3.05, 3.63) is 74.8 Å². The summed E-state index contributed by atoms with van der Waals surface area (Å²) in [4.78, 5) is 35.1. The molecule has 0 aliphatic heterocycles. The molecule has 0 aromatic heterocycles. The summed E-state index contributed by atoms with van der Waals surface area (Å²) in [7, 11) is 0. The molecule has 0 spiro atoms. The van der Waals surface area contributed by atoms with E-state index in [0.29, 0.717) is 17.7 Å². The zero-order valence-electron chi connectivity index (χ0n) is 16.0. The minimum atomic E-state index is -0.655. The highest BCUT2D eigenvalue weighted by molar-refractivity contribution is 6.03. The number of carbonyl (C=O) groups is 2. The maximum absolute atomic E-state index is 12.4. The summed E-state index contributed by atoms with van der Waals surface area (Å²) in [6.07, 6.45) is 2.75. The molecule has 0 heterocycles. The molecule has 0 amide bonds. The van der Waals surface area contributed by atoms with Gasteiger partial charge in [-0.15, -0.1) is 0 Å². The third-order valence-corrected chi connectivity index (χ3v) is 4.18. The number of aryl methyl sites for hydroxylation is 1. The van der Waals surface area contributed by atoms with Crippen molar-refractivity contribution >= 4 is 17.6 Å². The highest BCUT2D eigenvalue weighted by Gasteiger charge is 2.19. The van der Waals surface area contributed by atoms with Crippen molar-refractivity contribution in [3.8, 4) is 0 Å². The van der Waals surface area contributed by atoms with E-state index < -0.39 is 16.9 Å². The lowest BCUT2D eigenvalue weighted by Gasteiger charge is -2.10. The summed E-state index contributed by atoms with van der Waals surface area (Å²) >= 11 is 0. The molecular weight excluding hydrogens is 362 g/mol. The van der Waals surface area contributed by atoms with Gasteiger partial charge in [0.2, 0.25) is 0 Å². The second kappa shape index (κ2) is 10.2. The molecule has 0 radical (unpaired) electrons. The van der Waals surface area contributed by atoms with Crippen LogP contribution < -0.4 is 0 Å². The molecule has 0 aliphatic rings. The maximum Gasteiger partial charge on any atom is 0.339 e. The molecule has 7 heteroatoms. The quantitative estimate of drug-likeness (QED) is 0.271. The van der Waals surface area contributed by atoms with Gasteiger partial charge in [-0.1, -0.05) is 31.9 Å². The number of nitrogens with zero attached hydrogens (tertiary/aromatic N) is 1. The monoisotopic (exact) mass is 385 g/mol. The van der Waals surface area contributed by atoms with Crippen LogP contribution in [-0.2, 0) is 16.1 Å². The van der Waals surface area contributed by atoms with E-state index in [4.69, 9.17) is 9.47 Å². The second-order valence-corrected chi connectivity index (χ2v) is 6.34. The Morgan fingerprint density at radius 3 is 2.21 bits per heavy atom. The van der Waals surface area contributed by atoms with Crippen LogP contribution in [-0.4, -0.2) is 23.5 Å². The van der Waals surface area contributed by atoms with E-state index in [9.17, 15) is 19.7 Å². The molecule has 148 valence electrons. The van der Waals surface area contributed by atoms with Crippen LogP contribution in [0.3, 0.4) is 0 Å². The van der Waals surface area contributed by atoms with Crippen LogP contribution in [0.4, 0.5) is 5.69 Å². The Bertz CT molecular complexity index is 862. The molecule has 0 aliphatic carbocycles. The van der Waals surface area contributed by atoms with Crippen molar-refractivity contribution in [2.24, 2.45) is 0 Å². The number of rotatable bonds is 9. The van der Waals surface area contributed by atoms with Gasteiger partial charge in [0, 0.05) is 11.6 Å². The molecule has 2 rings (SSSR count). The van der Waals surface area contributed by atoms with Crippen molar-refractivity contribution in [1.82, 2.24) is 0 Å². The zero-order chi connectivity index (χ0) is 20.5. The Hall–Kier alpha value is -3.22. The van der Waals surface area contributed by atoms with Gasteiger partial charge in [0.05, 0.1) is 22.7 Å². The number of hydrogen-bond acceptors (Lipinski definition) is 6. The summed E-state index contributed by atoms with van der Waals surface area (Å²) < 4.78 is 10.5. The Labute approximate surface area is 163 Å². The van der Waals surface area contributed by atoms with Crippen molar-refractivity contribution in [3.63, 3.8) is 0 Å². The normalized spacial score (nSPS) is 10.4. The fourth-order valence-corrected chi connectivity index (χ4v) is 2.67. The van der Waals surface area contributed by atoms with Crippen LogP contribution in [0, 0.1) is 17.0 Å². The first-order chi connectivity index (χ1) is 13.4. The predicted molar refractivity (Wildman–Crippen MR) is 103 cm³/mol. The van der Waals surface area contributed by atoms with Crippen molar-refractivity contribution in [2.75, 3.05) is 6.61 Å². The summed E-state index contributed by atoms with van der Waals surface area (Å²) in [5, 5.41) is 10.9. The Balaban J connectivity index is 2.03. The fourth-order valence-electron chi connectivity index (χ4n) is 2.67. The first-order valence-corrected chi connectivity index (χ1v) is 9.11. The molecule has 28 heavy (non-hydrogen) atoms. The molecule has 7 nitrogen and oxygen atoms in total. The van der Waals surface area contributed by atoms with Crippen LogP contribution in [0.2, 0.25) is 0 Å². The SMILES string of the molecule is CCCCCOC(=O)c1ccccc1C(=O)OCc1ccc([N+](=O)[O-])c(C)c1. The molecule has 0 unspecified atom stereocenters.